The summed E-state index contributed by atoms with van der Waals surface area (Å²) < 4.78 is 0. The topological polar surface area (TPSA) is 107 Å². The van der Waals surface area contributed by atoms with Crippen LogP contribution in [-0.2, 0) is 0 Å². The molecule has 0 heterocycles. The van der Waals surface area contributed by atoms with Crippen LogP contribution in [0.4, 0.5) is 0 Å². The zero-order valence-electron chi connectivity index (χ0n) is 7.68. The van der Waals surface area contributed by atoms with E-state index in [1.165, 1.54) is 6.92 Å². The summed E-state index contributed by atoms with van der Waals surface area (Å²) in [6.45, 7) is 1.44. The summed E-state index contributed by atoms with van der Waals surface area (Å²) in [7, 11) is 0. The predicted octanol–water partition coefficient (Wildman–Crippen LogP) is 0.184. The van der Waals surface area contributed by atoms with Crippen molar-refractivity contribution in [1.82, 2.24) is 0 Å². The quantitative estimate of drug-likeness (QED) is 0.467. The van der Waals surface area contributed by atoms with Gasteiger partial charge in [-0.3, -0.25) is 0 Å². The van der Waals surface area contributed by atoms with Crippen molar-refractivity contribution in [3.05, 3.63) is 17.7 Å². The van der Waals surface area contributed by atoms with E-state index in [0.29, 0.717) is 0 Å². The second kappa shape index (κ2) is 3.73. The fraction of sp³-hybridized carbons (Fsp3) is 0.333. The Balaban J connectivity index is 3.20. The van der Waals surface area contributed by atoms with Gasteiger partial charge in [-0.1, -0.05) is 0 Å². The van der Waals surface area contributed by atoms with Crippen molar-refractivity contribution in [3.8, 4) is 17.2 Å². The molecule has 0 saturated carbocycles. The third-order valence-corrected chi connectivity index (χ3v) is 1.97. The summed E-state index contributed by atoms with van der Waals surface area (Å²) in [4.78, 5) is 0. The first-order chi connectivity index (χ1) is 6.43. The molecule has 5 nitrogen and oxygen atoms in total. The molecule has 1 unspecified atom stereocenters. The lowest BCUT2D eigenvalue weighted by Crippen LogP contribution is -2.23. The van der Waals surface area contributed by atoms with Gasteiger partial charge in [0.15, 0.2) is 0 Å². The van der Waals surface area contributed by atoms with Crippen LogP contribution in [0.3, 0.4) is 0 Å². The lowest BCUT2D eigenvalue weighted by molar-refractivity contribution is 0.161. The molecule has 0 aliphatic rings. The van der Waals surface area contributed by atoms with Crippen molar-refractivity contribution in [2.75, 3.05) is 0 Å². The molecule has 0 saturated heterocycles. The molecule has 2 atom stereocenters. The lowest BCUT2D eigenvalue weighted by Gasteiger charge is -2.17. The van der Waals surface area contributed by atoms with Crippen LogP contribution in [-0.4, -0.2) is 26.5 Å². The standard InChI is InChI=1S/C9H13NO4/c1-4(11)9(10)8-6(13)2-5(12)3-7(8)14/h2-4,9,11-14H,10H2,1H3/t4?,9-/m1/s1. The first kappa shape index (κ1) is 10.6. The van der Waals surface area contributed by atoms with Crippen LogP contribution in [0, 0.1) is 0 Å². The highest BCUT2D eigenvalue weighted by molar-refractivity contribution is 5.50. The van der Waals surface area contributed by atoms with Crippen molar-refractivity contribution >= 4 is 0 Å². The second-order valence-electron chi connectivity index (χ2n) is 3.16. The molecule has 0 aliphatic carbocycles. The molecule has 78 valence electrons. The van der Waals surface area contributed by atoms with Crippen LogP contribution < -0.4 is 5.73 Å². The average Bonchev–Trinajstić information content (AvgIpc) is 2.01. The number of aliphatic hydroxyl groups excluding tert-OH is 1. The van der Waals surface area contributed by atoms with E-state index >= 15 is 0 Å². The Morgan fingerprint density at radius 2 is 1.57 bits per heavy atom. The van der Waals surface area contributed by atoms with Gasteiger partial charge >= 0.3 is 0 Å². The molecule has 0 spiro atoms. The number of phenols is 3. The van der Waals surface area contributed by atoms with Gasteiger partial charge in [-0.25, -0.2) is 0 Å². The Kier molecular flexibility index (Phi) is 2.83. The van der Waals surface area contributed by atoms with Crippen molar-refractivity contribution in [3.63, 3.8) is 0 Å². The van der Waals surface area contributed by atoms with Crippen molar-refractivity contribution in [1.29, 1.82) is 0 Å². The van der Waals surface area contributed by atoms with Crippen molar-refractivity contribution in [2.45, 2.75) is 19.1 Å². The van der Waals surface area contributed by atoms with Crippen LogP contribution in [0.2, 0.25) is 0 Å². The van der Waals surface area contributed by atoms with Crippen LogP contribution in [0.15, 0.2) is 12.1 Å². The summed E-state index contributed by atoms with van der Waals surface area (Å²) in [6, 6.07) is 1.21. The molecule has 6 N–H and O–H groups in total. The minimum absolute atomic E-state index is 0.0257. The molecule has 14 heavy (non-hydrogen) atoms. The SMILES string of the molecule is CC(O)[C@@H](N)c1c(O)cc(O)cc1O. The van der Waals surface area contributed by atoms with Crippen LogP contribution in [0.5, 0.6) is 17.2 Å². The van der Waals surface area contributed by atoms with Gasteiger partial charge in [-0.15, -0.1) is 0 Å². The number of rotatable bonds is 2. The molecule has 0 bridgehead atoms. The maximum absolute atomic E-state index is 9.38. The molecule has 1 aromatic rings. The van der Waals surface area contributed by atoms with Crippen molar-refractivity contribution < 1.29 is 20.4 Å². The highest BCUT2D eigenvalue weighted by Crippen LogP contribution is 2.36. The Morgan fingerprint density at radius 3 is 1.93 bits per heavy atom. The van der Waals surface area contributed by atoms with E-state index in [1.54, 1.807) is 0 Å². The highest BCUT2D eigenvalue weighted by Gasteiger charge is 2.20. The molecule has 5 heteroatoms. The summed E-state index contributed by atoms with van der Waals surface area (Å²) in [6.07, 6.45) is -0.906. The summed E-state index contributed by atoms with van der Waals surface area (Å²) in [5.74, 6) is -0.937. The zero-order chi connectivity index (χ0) is 10.9. The summed E-state index contributed by atoms with van der Waals surface area (Å²) in [5.41, 5.74) is 5.56. The van der Waals surface area contributed by atoms with Crippen LogP contribution >= 0.6 is 0 Å². The van der Waals surface area contributed by atoms with E-state index in [1.807, 2.05) is 0 Å². The Morgan fingerprint density at radius 1 is 1.14 bits per heavy atom. The normalized spacial score (nSPS) is 15.1. The van der Waals surface area contributed by atoms with E-state index in [4.69, 9.17) is 10.8 Å². The highest BCUT2D eigenvalue weighted by atomic mass is 16.3. The van der Waals surface area contributed by atoms with Gasteiger partial charge in [0.25, 0.3) is 0 Å². The predicted molar refractivity (Wildman–Crippen MR) is 50.0 cm³/mol. The smallest absolute Gasteiger partial charge is 0.127 e. The fourth-order valence-corrected chi connectivity index (χ4v) is 1.19. The maximum atomic E-state index is 9.38. The minimum atomic E-state index is -0.906. The summed E-state index contributed by atoms with van der Waals surface area (Å²) in [5, 5.41) is 37.0. The molecule has 1 aromatic carbocycles. The Labute approximate surface area is 81.0 Å². The Bertz CT molecular complexity index is 315. The van der Waals surface area contributed by atoms with E-state index in [0.717, 1.165) is 12.1 Å². The van der Waals surface area contributed by atoms with Gasteiger partial charge in [-0.2, -0.15) is 0 Å². The van der Waals surface area contributed by atoms with Gasteiger partial charge < -0.3 is 26.2 Å². The lowest BCUT2D eigenvalue weighted by atomic mass is 10.0. The van der Waals surface area contributed by atoms with E-state index < -0.39 is 12.1 Å². The number of hydrogen-bond donors (Lipinski definition) is 5. The number of nitrogens with two attached hydrogens (primary N) is 1. The molecule has 0 fully saturated rings. The van der Waals surface area contributed by atoms with Gasteiger partial charge in [0.2, 0.25) is 0 Å². The first-order valence-electron chi connectivity index (χ1n) is 4.12. The molecule has 0 radical (unpaired) electrons. The zero-order valence-corrected chi connectivity index (χ0v) is 7.68. The average molecular weight is 199 g/mol. The number of phenolic OH excluding ortho intramolecular Hbond substituents is 3. The monoisotopic (exact) mass is 199 g/mol. The van der Waals surface area contributed by atoms with Crippen LogP contribution in [0.25, 0.3) is 0 Å². The molecule has 0 aromatic heterocycles. The molecule has 1 rings (SSSR count). The third-order valence-electron chi connectivity index (χ3n) is 1.97. The summed E-state index contributed by atoms with van der Waals surface area (Å²) >= 11 is 0. The second-order valence-corrected chi connectivity index (χ2v) is 3.16. The third kappa shape index (κ3) is 1.89. The number of benzene rings is 1. The van der Waals surface area contributed by atoms with Gasteiger partial charge in [0, 0.05) is 12.1 Å². The van der Waals surface area contributed by atoms with E-state index in [2.05, 4.69) is 0 Å². The first-order valence-corrected chi connectivity index (χ1v) is 4.12. The fourth-order valence-electron chi connectivity index (χ4n) is 1.19. The molecular weight excluding hydrogens is 186 g/mol. The molecule has 0 amide bonds. The molecule has 0 aliphatic heterocycles. The van der Waals surface area contributed by atoms with Crippen molar-refractivity contribution in [2.24, 2.45) is 5.73 Å². The van der Waals surface area contributed by atoms with Gasteiger partial charge in [-0.05, 0) is 6.92 Å². The number of aliphatic hydroxyl groups is 1. The maximum Gasteiger partial charge on any atom is 0.127 e. The largest absolute Gasteiger partial charge is 0.508 e. The van der Waals surface area contributed by atoms with Crippen LogP contribution in [0.1, 0.15) is 18.5 Å². The van der Waals surface area contributed by atoms with E-state index in [-0.39, 0.29) is 22.8 Å². The van der Waals surface area contributed by atoms with E-state index in [9.17, 15) is 15.3 Å². The molecular formula is C9H13NO4. The number of hydrogen-bond acceptors (Lipinski definition) is 5. The van der Waals surface area contributed by atoms with Gasteiger partial charge in [0.05, 0.1) is 17.7 Å². The van der Waals surface area contributed by atoms with Gasteiger partial charge in [0.1, 0.15) is 17.2 Å². The number of aromatic hydroxyl groups is 3. The Hall–Kier alpha value is -1.46. The minimum Gasteiger partial charge on any atom is -0.508 e.